The van der Waals surface area contributed by atoms with Crippen molar-refractivity contribution < 1.29 is 0 Å². The highest BCUT2D eigenvalue weighted by Gasteiger charge is 2.44. The van der Waals surface area contributed by atoms with Crippen LogP contribution in [0.15, 0.2) is 33.7 Å². The standard InChI is InChI=1S/C21H31BrN4.HI/c1-23-20(25-17-12-18-7-4-8-19(13-17)26(18)2)24-14-21(9-10-21)15-5-3-6-16(22)11-15;/h3,5-6,11,17-19H,4,7-10,12-14H2,1-2H3,(H2,23,24,25);1H. The lowest BCUT2D eigenvalue weighted by molar-refractivity contribution is 0.0526. The van der Waals surface area contributed by atoms with E-state index in [1.54, 1.807) is 0 Å². The van der Waals surface area contributed by atoms with Crippen molar-refractivity contribution in [2.45, 2.75) is 68.5 Å². The van der Waals surface area contributed by atoms with Gasteiger partial charge in [-0.25, -0.2) is 0 Å². The summed E-state index contributed by atoms with van der Waals surface area (Å²) in [6.45, 7) is 0.961. The minimum absolute atomic E-state index is 0. The summed E-state index contributed by atoms with van der Waals surface area (Å²) in [6.07, 6.45) is 9.09. The van der Waals surface area contributed by atoms with Crippen molar-refractivity contribution in [2.24, 2.45) is 4.99 Å². The minimum Gasteiger partial charge on any atom is -0.356 e. The van der Waals surface area contributed by atoms with E-state index in [0.717, 1.165) is 24.6 Å². The molecule has 0 spiro atoms. The molecule has 2 saturated heterocycles. The SMILES string of the molecule is CN=C(NCC1(c2cccc(Br)c2)CC1)NC1CC2CCCC(C1)N2C.I. The van der Waals surface area contributed by atoms with E-state index in [9.17, 15) is 0 Å². The van der Waals surface area contributed by atoms with Crippen LogP contribution in [0.2, 0.25) is 0 Å². The number of hydrogen-bond acceptors (Lipinski definition) is 2. The highest BCUT2D eigenvalue weighted by Crippen LogP contribution is 2.48. The Morgan fingerprint density at radius 1 is 1.26 bits per heavy atom. The number of aliphatic imine (C=N–C) groups is 1. The molecule has 27 heavy (non-hydrogen) atoms. The molecular weight excluding hydrogens is 515 g/mol. The normalized spacial score (nSPS) is 29.6. The summed E-state index contributed by atoms with van der Waals surface area (Å²) < 4.78 is 1.17. The number of piperidine rings is 2. The van der Waals surface area contributed by atoms with E-state index in [4.69, 9.17) is 0 Å². The Hall–Kier alpha value is -0.340. The first kappa shape index (κ1) is 21.4. The molecule has 3 fully saturated rings. The van der Waals surface area contributed by atoms with Gasteiger partial charge in [-0.05, 0) is 63.3 Å². The van der Waals surface area contributed by atoms with Crippen LogP contribution in [0.5, 0.6) is 0 Å². The molecule has 2 bridgehead atoms. The van der Waals surface area contributed by atoms with Gasteiger partial charge in [-0.1, -0.05) is 34.5 Å². The lowest BCUT2D eigenvalue weighted by Crippen LogP contribution is -2.57. The zero-order valence-corrected chi connectivity index (χ0v) is 20.3. The Morgan fingerprint density at radius 2 is 1.96 bits per heavy atom. The summed E-state index contributed by atoms with van der Waals surface area (Å²) >= 11 is 3.61. The van der Waals surface area contributed by atoms with Gasteiger partial charge < -0.3 is 15.5 Å². The average Bonchev–Trinajstić information content (AvgIpc) is 3.40. The van der Waals surface area contributed by atoms with Crippen LogP contribution in [-0.2, 0) is 5.41 Å². The summed E-state index contributed by atoms with van der Waals surface area (Å²) in [4.78, 5) is 7.12. The van der Waals surface area contributed by atoms with Crippen LogP contribution in [0, 0.1) is 0 Å². The van der Waals surface area contributed by atoms with E-state index in [1.807, 2.05) is 7.05 Å². The van der Waals surface area contributed by atoms with Gasteiger partial charge in [0.25, 0.3) is 0 Å². The summed E-state index contributed by atoms with van der Waals surface area (Å²) in [5.74, 6) is 0.971. The molecule has 2 atom stereocenters. The van der Waals surface area contributed by atoms with Gasteiger partial charge >= 0.3 is 0 Å². The van der Waals surface area contributed by atoms with Crippen molar-refractivity contribution in [3.8, 4) is 0 Å². The molecule has 1 aliphatic carbocycles. The summed E-state index contributed by atoms with van der Waals surface area (Å²) in [5.41, 5.74) is 1.72. The quantitative estimate of drug-likeness (QED) is 0.336. The second-order valence-corrected chi connectivity index (χ2v) is 9.35. The summed E-state index contributed by atoms with van der Waals surface area (Å²) in [6, 6.07) is 10.8. The molecule has 0 amide bonds. The Labute approximate surface area is 189 Å². The van der Waals surface area contributed by atoms with E-state index in [0.29, 0.717) is 6.04 Å². The number of rotatable bonds is 4. The molecule has 2 unspecified atom stereocenters. The fraction of sp³-hybridized carbons (Fsp3) is 0.667. The lowest BCUT2D eigenvalue weighted by Gasteiger charge is -2.47. The number of benzene rings is 1. The van der Waals surface area contributed by atoms with Crippen LogP contribution in [0.1, 0.15) is 50.5 Å². The molecule has 1 aromatic rings. The monoisotopic (exact) mass is 546 g/mol. The van der Waals surface area contributed by atoms with E-state index in [-0.39, 0.29) is 29.4 Å². The zero-order chi connectivity index (χ0) is 18.1. The van der Waals surface area contributed by atoms with Crippen LogP contribution in [0.4, 0.5) is 0 Å². The second kappa shape index (κ2) is 8.99. The predicted octanol–water partition coefficient (Wildman–Crippen LogP) is 4.28. The largest absolute Gasteiger partial charge is 0.356 e. The molecular formula is C21H32BrIN4. The van der Waals surface area contributed by atoms with E-state index >= 15 is 0 Å². The first-order chi connectivity index (χ1) is 12.6. The molecule has 2 N–H and O–H groups in total. The lowest BCUT2D eigenvalue weighted by atomic mass is 9.82. The number of nitrogens with zero attached hydrogens (tertiary/aromatic N) is 2. The van der Waals surface area contributed by atoms with Crippen molar-refractivity contribution in [1.82, 2.24) is 15.5 Å². The maximum atomic E-state index is 4.51. The summed E-state index contributed by atoms with van der Waals surface area (Å²) in [7, 11) is 4.20. The molecule has 4 rings (SSSR count). The van der Waals surface area contributed by atoms with Crippen LogP contribution in [-0.4, -0.2) is 49.6 Å². The zero-order valence-electron chi connectivity index (χ0n) is 16.4. The first-order valence-corrected chi connectivity index (χ1v) is 10.8. The molecule has 2 aliphatic heterocycles. The highest BCUT2D eigenvalue weighted by atomic mass is 127. The van der Waals surface area contributed by atoms with Crippen molar-refractivity contribution in [2.75, 3.05) is 20.6 Å². The van der Waals surface area contributed by atoms with Gasteiger partial charge in [0, 0.05) is 41.6 Å². The number of fused-ring (bicyclic) bond motifs is 2. The topological polar surface area (TPSA) is 39.7 Å². The molecule has 0 radical (unpaired) electrons. The fourth-order valence-electron chi connectivity index (χ4n) is 4.91. The molecule has 4 nitrogen and oxygen atoms in total. The minimum atomic E-state index is 0. The van der Waals surface area contributed by atoms with Gasteiger partial charge in [-0.2, -0.15) is 0 Å². The van der Waals surface area contributed by atoms with Crippen molar-refractivity contribution in [1.29, 1.82) is 0 Å². The highest BCUT2D eigenvalue weighted by molar-refractivity contribution is 14.0. The molecule has 1 aromatic carbocycles. The van der Waals surface area contributed by atoms with Gasteiger partial charge in [-0.15, -0.1) is 24.0 Å². The molecule has 150 valence electrons. The third kappa shape index (κ3) is 4.81. The smallest absolute Gasteiger partial charge is 0.191 e. The predicted molar refractivity (Wildman–Crippen MR) is 127 cm³/mol. The van der Waals surface area contributed by atoms with Crippen molar-refractivity contribution in [3.05, 3.63) is 34.3 Å². The molecule has 3 aliphatic rings. The number of hydrogen-bond donors (Lipinski definition) is 2. The fourth-order valence-corrected chi connectivity index (χ4v) is 5.31. The van der Waals surface area contributed by atoms with Crippen LogP contribution in [0.3, 0.4) is 0 Å². The van der Waals surface area contributed by atoms with Gasteiger partial charge in [0.15, 0.2) is 5.96 Å². The van der Waals surface area contributed by atoms with Crippen molar-refractivity contribution >= 4 is 45.9 Å². The third-order valence-electron chi connectivity index (χ3n) is 6.79. The van der Waals surface area contributed by atoms with E-state index in [2.05, 4.69) is 67.8 Å². The van der Waals surface area contributed by atoms with Gasteiger partial charge in [-0.3, -0.25) is 4.99 Å². The van der Waals surface area contributed by atoms with Crippen molar-refractivity contribution in [3.63, 3.8) is 0 Å². The number of nitrogens with one attached hydrogen (secondary N) is 2. The van der Waals surface area contributed by atoms with E-state index in [1.165, 1.54) is 55.0 Å². The Balaban J connectivity index is 0.00000210. The van der Waals surface area contributed by atoms with Crippen LogP contribution < -0.4 is 10.6 Å². The second-order valence-electron chi connectivity index (χ2n) is 8.43. The van der Waals surface area contributed by atoms with Crippen LogP contribution in [0.25, 0.3) is 0 Å². The molecule has 6 heteroatoms. The molecule has 1 saturated carbocycles. The summed E-state index contributed by atoms with van der Waals surface area (Å²) in [5, 5.41) is 7.35. The maximum Gasteiger partial charge on any atom is 0.191 e. The number of guanidine groups is 1. The molecule has 0 aromatic heterocycles. The Kier molecular flexibility index (Phi) is 7.12. The van der Waals surface area contributed by atoms with E-state index < -0.39 is 0 Å². The van der Waals surface area contributed by atoms with Gasteiger partial charge in [0.1, 0.15) is 0 Å². The van der Waals surface area contributed by atoms with Gasteiger partial charge in [0.2, 0.25) is 0 Å². The Morgan fingerprint density at radius 3 is 2.56 bits per heavy atom. The van der Waals surface area contributed by atoms with Crippen LogP contribution >= 0.6 is 39.9 Å². The molecule has 2 heterocycles. The number of halogens is 2. The van der Waals surface area contributed by atoms with Gasteiger partial charge in [0.05, 0.1) is 0 Å². The first-order valence-electron chi connectivity index (χ1n) is 10.0. The maximum absolute atomic E-state index is 4.51. The Bertz CT molecular complexity index is 662. The average molecular weight is 547 g/mol. The third-order valence-corrected chi connectivity index (χ3v) is 7.28.